The Hall–Kier alpha value is -1.97. The lowest BCUT2D eigenvalue weighted by atomic mass is 10.0. The molecule has 2 aromatic carbocycles. The first-order valence-electron chi connectivity index (χ1n) is 11.1. The van der Waals surface area contributed by atoms with Gasteiger partial charge in [0, 0.05) is 24.1 Å². The molecule has 3 heteroatoms. The minimum absolute atomic E-state index is 0. The molecule has 1 aliphatic rings. The van der Waals surface area contributed by atoms with Gasteiger partial charge in [0.05, 0.1) is 0 Å². The molecule has 0 aliphatic carbocycles. The third-order valence-corrected chi connectivity index (χ3v) is 6.23. The highest BCUT2D eigenvalue weighted by Gasteiger charge is 2.24. The molecule has 0 radical (unpaired) electrons. The molecule has 2 nitrogen and oxygen atoms in total. The predicted molar refractivity (Wildman–Crippen MR) is 121 cm³/mol. The van der Waals surface area contributed by atoms with Crippen LogP contribution in [0.25, 0.3) is 11.1 Å². The smallest absolute Gasteiger partial charge is 0.173 e. The maximum Gasteiger partial charge on any atom is 0.173 e. The molecule has 0 bridgehead atoms. The van der Waals surface area contributed by atoms with Crippen LogP contribution in [0, 0.1) is 0 Å². The molecule has 4 rings (SSSR count). The second kappa shape index (κ2) is 11.4. The number of likely N-dealkylation sites (tertiary alicyclic amines) is 1. The first-order chi connectivity index (χ1) is 14.3. The van der Waals surface area contributed by atoms with Gasteiger partial charge < -0.3 is 17.0 Å². The summed E-state index contributed by atoms with van der Waals surface area (Å²) in [6.07, 6.45) is 12.2. The molecule has 1 fully saturated rings. The summed E-state index contributed by atoms with van der Waals surface area (Å²) in [5, 5.41) is 0. The van der Waals surface area contributed by atoms with Crippen LogP contribution in [0.2, 0.25) is 0 Å². The summed E-state index contributed by atoms with van der Waals surface area (Å²) in [5.41, 5.74) is 5.52. The maximum atomic E-state index is 2.49. The molecular formula is C27H33BrN2. The quantitative estimate of drug-likeness (QED) is 0.367. The number of halogens is 1. The molecule has 30 heavy (non-hydrogen) atoms. The van der Waals surface area contributed by atoms with E-state index in [-0.39, 0.29) is 17.0 Å². The van der Waals surface area contributed by atoms with Gasteiger partial charge in [0.2, 0.25) is 0 Å². The monoisotopic (exact) mass is 464 g/mol. The highest BCUT2D eigenvalue weighted by molar-refractivity contribution is 5.63. The second-order valence-corrected chi connectivity index (χ2v) is 8.39. The lowest BCUT2D eigenvalue weighted by Gasteiger charge is -2.18. The number of rotatable bonds is 8. The van der Waals surface area contributed by atoms with E-state index in [4.69, 9.17) is 0 Å². The van der Waals surface area contributed by atoms with Gasteiger partial charge in [-0.3, -0.25) is 4.90 Å². The Kier molecular flexibility index (Phi) is 8.65. The van der Waals surface area contributed by atoms with E-state index in [0.717, 1.165) is 6.54 Å². The van der Waals surface area contributed by atoms with E-state index in [1.54, 1.807) is 0 Å². The Morgan fingerprint density at radius 2 is 1.63 bits per heavy atom. The van der Waals surface area contributed by atoms with Crippen molar-refractivity contribution in [3.8, 4) is 11.1 Å². The summed E-state index contributed by atoms with van der Waals surface area (Å²) in [6, 6.07) is 24.8. The number of benzene rings is 2. The first kappa shape index (κ1) is 22.7. The third-order valence-electron chi connectivity index (χ3n) is 6.23. The van der Waals surface area contributed by atoms with Gasteiger partial charge in [-0.25, -0.2) is 4.57 Å². The summed E-state index contributed by atoms with van der Waals surface area (Å²) in [5.74, 6) is 0. The Morgan fingerprint density at radius 3 is 2.37 bits per heavy atom. The molecular weight excluding hydrogens is 432 g/mol. The highest BCUT2D eigenvalue weighted by atomic mass is 79.9. The molecule has 1 aromatic heterocycles. The fourth-order valence-electron chi connectivity index (χ4n) is 4.50. The summed E-state index contributed by atoms with van der Waals surface area (Å²) >= 11 is 0. The fourth-order valence-corrected chi connectivity index (χ4v) is 4.50. The van der Waals surface area contributed by atoms with Gasteiger partial charge in [0.15, 0.2) is 12.4 Å². The van der Waals surface area contributed by atoms with Crippen LogP contribution in [0.4, 0.5) is 0 Å². The van der Waals surface area contributed by atoms with Gasteiger partial charge in [0.25, 0.3) is 0 Å². The van der Waals surface area contributed by atoms with E-state index in [9.17, 15) is 0 Å². The number of aryl methyl sites for hydroxylation is 2. The van der Waals surface area contributed by atoms with Crippen molar-refractivity contribution >= 4 is 0 Å². The minimum atomic E-state index is 0. The molecule has 158 valence electrons. The van der Waals surface area contributed by atoms with Crippen LogP contribution >= 0.6 is 0 Å². The van der Waals surface area contributed by atoms with Gasteiger partial charge in [-0.2, -0.15) is 0 Å². The summed E-state index contributed by atoms with van der Waals surface area (Å²) in [6.45, 7) is 2.35. The van der Waals surface area contributed by atoms with Gasteiger partial charge in [-0.15, -0.1) is 0 Å². The van der Waals surface area contributed by atoms with Crippen molar-refractivity contribution < 1.29 is 21.5 Å². The third kappa shape index (κ3) is 6.02. The zero-order valence-electron chi connectivity index (χ0n) is 18.0. The van der Waals surface area contributed by atoms with E-state index in [1.165, 1.54) is 67.3 Å². The lowest BCUT2D eigenvalue weighted by molar-refractivity contribution is -0.697. The molecule has 0 spiro atoms. The largest absolute Gasteiger partial charge is 1.00 e. The fraction of sp³-hybridized carbons (Fsp3) is 0.370. The zero-order chi connectivity index (χ0) is 19.9. The normalized spacial score (nSPS) is 16.4. The predicted octanol–water partition coefficient (Wildman–Crippen LogP) is 2.82. The van der Waals surface area contributed by atoms with Crippen molar-refractivity contribution in [3.05, 3.63) is 90.3 Å². The minimum Gasteiger partial charge on any atom is -1.00 e. The van der Waals surface area contributed by atoms with Gasteiger partial charge >= 0.3 is 0 Å². The Labute approximate surface area is 192 Å². The average Bonchev–Trinajstić information content (AvgIpc) is 3.21. The molecule has 0 N–H and O–H groups in total. The standard InChI is InChI=1S/C27H33N2.BrH/c1-28-19-9-14-27(28)26-13-8-21-29(22-26)20-7-3-4-10-23-15-17-25(18-16-23)24-11-5-2-6-12-24;/h2,5-6,8,11-13,15-18,21-22,27H,3-4,7,9-10,14,19-20H2,1H3;1H/q+1;/p-1. The molecule has 0 amide bonds. The van der Waals surface area contributed by atoms with Crippen LogP contribution in [0.3, 0.4) is 0 Å². The Morgan fingerprint density at radius 1 is 0.867 bits per heavy atom. The Balaban J connectivity index is 0.00000256. The SMILES string of the molecule is CN1CCCC1c1ccc[n+](CCCCCc2ccc(-c3ccccc3)cc2)c1.[Br-]. The molecule has 1 atom stereocenters. The summed E-state index contributed by atoms with van der Waals surface area (Å²) < 4.78 is 2.39. The van der Waals surface area contributed by atoms with E-state index in [1.807, 2.05) is 0 Å². The zero-order valence-corrected chi connectivity index (χ0v) is 19.6. The van der Waals surface area contributed by atoms with Crippen molar-refractivity contribution in [2.75, 3.05) is 13.6 Å². The molecule has 2 heterocycles. The van der Waals surface area contributed by atoms with Crippen LogP contribution in [0.5, 0.6) is 0 Å². The van der Waals surface area contributed by atoms with Crippen LogP contribution in [-0.4, -0.2) is 18.5 Å². The van der Waals surface area contributed by atoms with E-state index in [2.05, 4.69) is 95.6 Å². The second-order valence-electron chi connectivity index (χ2n) is 8.39. The van der Waals surface area contributed by atoms with Crippen molar-refractivity contribution in [2.45, 2.75) is 51.1 Å². The van der Waals surface area contributed by atoms with Crippen LogP contribution in [-0.2, 0) is 13.0 Å². The molecule has 3 aromatic rings. The van der Waals surface area contributed by atoms with Gasteiger partial charge in [-0.1, -0.05) is 54.6 Å². The molecule has 1 aliphatic heterocycles. The number of aromatic nitrogens is 1. The van der Waals surface area contributed by atoms with Crippen molar-refractivity contribution in [1.29, 1.82) is 0 Å². The first-order valence-corrected chi connectivity index (χ1v) is 11.1. The van der Waals surface area contributed by atoms with E-state index < -0.39 is 0 Å². The number of hydrogen-bond donors (Lipinski definition) is 0. The van der Waals surface area contributed by atoms with Gasteiger partial charge in [0.1, 0.15) is 6.54 Å². The van der Waals surface area contributed by atoms with Crippen molar-refractivity contribution in [3.63, 3.8) is 0 Å². The summed E-state index contributed by atoms with van der Waals surface area (Å²) in [4.78, 5) is 2.49. The average molecular weight is 465 g/mol. The van der Waals surface area contributed by atoms with Crippen LogP contribution in [0.15, 0.2) is 79.1 Å². The number of unbranched alkanes of at least 4 members (excludes halogenated alkanes) is 2. The van der Waals surface area contributed by atoms with Crippen LogP contribution < -0.4 is 21.5 Å². The number of nitrogens with zero attached hydrogens (tertiary/aromatic N) is 2. The van der Waals surface area contributed by atoms with Crippen LogP contribution in [0.1, 0.15) is 49.3 Å². The highest BCUT2D eigenvalue weighted by Crippen LogP contribution is 2.29. The summed E-state index contributed by atoms with van der Waals surface area (Å²) in [7, 11) is 2.25. The lowest BCUT2D eigenvalue weighted by Crippen LogP contribution is -3.00. The number of pyridine rings is 1. The van der Waals surface area contributed by atoms with E-state index >= 15 is 0 Å². The van der Waals surface area contributed by atoms with E-state index in [0.29, 0.717) is 6.04 Å². The molecule has 1 unspecified atom stereocenters. The Bertz CT molecular complexity index is 892. The number of hydrogen-bond acceptors (Lipinski definition) is 1. The van der Waals surface area contributed by atoms with Crippen molar-refractivity contribution in [1.82, 2.24) is 4.90 Å². The molecule has 0 saturated carbocycles. The molecule has 1 saturated heterocycles. The maximum absolute atomic E-state index is 2.49. The topological polar surface area (TPSA) is 7.12 Å². The van der Waals surface area contributed by atoms with Gasteiger partial charge in [-0.05, 0) is 68.5 Å². The van der Waals surface area contributed by atoms with Crippen molar-refractivity contribution in [2.24, 2.45) is 0 Å².